The van der Waals surface area contributed by atoms with Gasteiger partial charge in [0.15, 0.2) is 0 Å². The highest BCUT2D eigenvalue weighted by molar-refractivity contribution is 4.98. The van der Waals surface area contributed by atoms with E-state index in [-0.39, 0.29) is 0 Å². The second-order valence-electron chi connectivity index (χ2n) is 5.82. The molecule has 1 N–H and O–H groups in total. The van der Waals surface area contributed by atoms with E-state index in [0.29, 0.717) is 0 Å². The number of rotatable bonds is 4. The topological polar surface area (TPSA) is 12.0 Å². The van der Waals surface area contributed by atoms with Crippen molar-refractivity contribution in [2.75, 3.05) is 13.1 Å². The normalized spacial score (nSPS) is 24.9. The third-order valence-electron chi connectivity index (χ3n) is 4.50. The number of nitrogens with one attached hydrogen (secondary N) is 1. The molecule has 0 aromatic heterocycles. The first-order chi connectivity index (χ1) is 7.84. The molecule has 1 aliphatic heterocycles. The van der Waals surface area contributed by atoms with E-state index in [9.17, 15) is 0 Å². The number of piperidine rings is 1. The molecule has 0 atom stereocenters. The number of hydrogen-bond donors (Lipinski definition) is 1. The fourth-order valence-electron chi connectivity index (χ4n) is 3.24. The van der Waals surface area contributed by atoms with Crippen molar-refractivity contribution in [3.63, 3.8) is 0 Å². The van der Waals surface area contributed by atoms with Gasteiger partial charge in [0.05, 0.1) is 0 Å². The summed E-state index contributed by atoms with van der Waals surface area (Å²) in [6.45, 7) is 6.61. The Morgan fingerprint density at radius 3 is 2.12 bits per heavy atom. The highest BCUT2D eigenvalue weighted by Crippen LogP contribution is 2.31. The first-order valence-corrected chi connectivity index (χ1v) is 7.22. The summed E-state index contributed by atoms with van der Waals surface area (Å²) in [6.07, 6.45) is 12.7. The van der Waals surface area contributed by atoms with Crippen molar-refractivity contribution in [1.82, 2.24) is 5.32 Å². The largest absolute Gasteiger partial charge is 0.317 e. The molecule has 0 bridgehead atoms. The van der Waals surface area contributed by atoms with Crippen LogP contribution in [0.2, 0.25) is 0 Å². The molecule has 16 heavy (non-hydrogen) atoms. The van der Waals surface area contributed by atoms with Crippen LogP contribution in [0.25, 0.3) is 0 Å². The standard InChI is InChI=1S/C15H27N/c1-13-5-7-14(8-6-13)3-2-4-15-9-11-16-12-10-15/h14-16H,1-12H2. The van der Waals surface area contributed by atoms with Crippen molar-refractivity contribution in [3.8, 4) is 0 Å². The second kappa shape index (κ2) is 6.44. The fourth-order valence-corrected chi connectivity index (χ4v) is 3.24. The Kier molecular flexibility index (Phi) is 4.90. The molecular formula is C15H27N. The van der Waals surface area contributed by atoms with Crippen LogP contribution in [0.4, 0.5) is 0 Å². The third-order valence-corrected chi connectivity index (χ3v) is 4.50. The van der Waals surface area contributed by atoms with Crippen LogP contribution in [0.5, 0.6) is 0 Å². The van der Waals surface area contributed by atoms with Crippen molar-refractivity contribution < 1.29 is 0 Å². The van der Waals surface area contributed by atoms with Gasteiger partial charge in [0.25, 0.3) is 0 Å². The van der Waals surface area contributed by atoms with E-state index in [1.807, 2.05) is 0 Å². The molecule has 92 valence electrons. The van der Waals surface area contributed by atoms with Gasteiger partial charge in [-0.25, -0.2) is 0 Å². The Morgan fingerprint density at radius 2 is 1.50 bits per heavy atom. The summed E-state index contributed by atoms with van der Waals surface area (Å²) in [6, 6.07) is 0. The summed E-state index contributed by atoms with van der Waals surface area (Å²) >= 11 is 0. The quantitative estimate of drug-likeness (QED) is 0.710. The highest BCUT2D eigenvalue weighted by Gasteiger charge is 2.17. The zero-order chi connectivity index (χ0) is 11.2. The minimum Gasteiger partial charge on any atom is -0.317 e. The van der Waals surface area contributed by atoms with E-state index >= 15 is 0 Å². The lowest BCUT2D eigenvalue weighted by molar-refractivity contribution is 0.313. The Labute approximate surface area is 101 Å². The highest BCUT2D eigenvalue weighted by atomic mass is 14.9. The maximum Gasteiger partial charge on any atom is -0.00463 e. The maximum absolute atomic E-state index is 4.10. The molecule has 1 heterocycles. The molecule has 2 rings (SSSR count). The van der Waals surface area contributed by atoms with Crippen LogP contribution in [-0.2, 0) is 0 Å². The summed E-state index contributed by atoms with van der Waals surface area (Å²) in [5, 5.41) is 3.45. The van der Waals surface area contributed by atoms with E-state index in [2.05, 4.69) is 11.9 Å². The van der Waals surface area contributed by atoms with Gasteiger partial charge in [-0.2, -0.15) is 0 Å². The molecule has 2 fully saturated rings. The van der Waals surface area contributed by atoms with Crippen LogP contribution in [0.1, 0.15) is 57.8 Å². The zero-order valence-corrected chi connectivity index (χ0v) is 10.6. The first-order valence-electron chi connectivity index (χ1n) is 7.22. The van der Waals surface area contributed by atoms with E-state index in [4.69, 9.17) is 0 Å². The van der Waals surface area contributed by atoms with E-state index in [0.717, 1.165) is 11.8 Å². The number of allylic oxidation sites excluding steroid dienone is 1. The van der Waals surface area contributed by atoms with Crippen molar-refractivity contribution in [1.29, 1.82) is 0 Å². The van der Waals surface area contributed by atoms with Gasteiger partial charge >= 0.3 is 0 Å². The summed E-state index contributed by atoms with van der Waals surface area (Å²) in [5.41, 5.74) is 1.50. The number of hydrogen-bond acceptors (Lipinski definition) is 1. The molecule has 0 radical (unpaired) electrons. The van der Waals surface area contributed by atoms with Gasteiger partial charge in [-0.1, -0.05) is 31.4 Å². The van der Waals surface area contributed by atoms with E-state index < -0.39 is 0 Å². The van der Waals surface area contributed by atoms with Crippen LogP contribution in [0.15, 0.2) is 12.2 Å². The molecule has 0 spiro atoms. The summed E-state index contributed by atoms with van der Waals surface area (Å²) in [5.74, 6) is 2.05. The molecule has 1 nitrogen and oxygen atoms in total. The van der Waals surface area contributed by atoms with Crippen molar-refractivity contribution >= 4 is 0 Å². The fraction of sp³-hybridized carbons (Fsp3) is 0.867. The van der Waals surface area contributed by atoms with Gasteiger partial charge in [-0.15, -0.1) is 0 Å². The Bertz CT molecular complexity index is 205. The average molecular weight is 221 g/mol. The predicted octanol–water partition coefficient (Wildman–Crippen LogP) is 3.90. The molecule has 1 saturated heterocycles. The summed E-state index contributed by atoms with van der Waals surface area (Å²) in [7, 11) is 0. The molecule has 1 saturated carbocycles. The molecule has 0 aromatic rings. The van der Waals surface area contributed by atoms with Gasteiger partial charge in [-0.3, -0.25) is 0 Å². The molecular weight excluding hydrogens is 194 g/mol. The van der Waals surface area contributed by atoms with Gasteiger partial charge in [-0.05, 0) is 63.5 Å². The lowest BCUT2D eigenvalue weighted by Gasteiger charge is -2.25. The van der Waals surface area contributed by atoms with Crippen molar-refractivity contribution in [2.45, 2.75) is 57.8 Å². The molecule has 1 aliphatic carbocycles. The van der Waals surface area contributed by atoms with Crippen molar-refractivity contribution in [3.05, 3.63) is 12.2 Å². The summed E-state index contributed by atoms with van der Waals surface area (Å²) < 4.78 is 0. The molecule has 2 aliphatic rings. The van der Waals surface area contributed by atoms with Crippen LogP contribution in [0.3, 0.4) is 0 Å². The van der Waals surface area contributed by atoms with Crippen LogP contribution >= 0.6 is 0 Å². The van der Waals surface area contributed by atoms with Crippen LogP contribution in [-0.4, -0.2) is 13.1 Å². The van der Waals surface area contributed by atoms with Crippen LogP contribution < -0.4 is 5.32 Å². The molecule has 0 aromatic carbocycles. The van der Waals surface area contributed by atoms with Crippen LogP contribution in [0, 0.1) is 11.8 Å². The predicted molar refractivity (Wildman–Crippen MR) is 70.5 cm³/mol. The van der Waals surface area contributed by atoms with Crippen molar-refractivity contribution in [2.24, 2.45) is 11.8 Å². The average Bonchev–Trinajstić information content (AvgIpc) is 2.33. The van der Waals surface area contributed by atoms with E-state index in [1.165, 1.54) is 76.5 Å². The first kappa shape index (κ1) is 12.2. The Balaban J connectivity index is 1.55. The lowest BCUT2D eigenvalue weighted by atomic mass is 9.82. The zero-order valence-electron chi connectivity index (χ0n) is 10.6. The minimum atomic E-state index is 1.02. The third kappa shape index (κ3) is 3.93. The Morgan fingerprint density at radius 1 is 0.938 bits per heavy atom. The molecule has 0 amide bonds. The maximum atomic E-state index is 4.10. The van der Waals surface area contributed by atoms with Gasteiger partial charge in [0.1, 0.15) is 0 Å². The van der Waals surface area contributed by atoms with Gasteiger partial charge in [0, 0.05) is 0 Å². The Hall–Kier alpha value is -0.300. The van der Waals surface area contributed by atoms with E-state index in [1.54, 1.807) is 0 Å². The van der Waals surface area contributed by atoms with Gasteiger partial charge < -0.3 is 5.32 Å². The lowest BCUT2D eigenvalue weighted by Crippen LogP contribution is -2.27. The molecule has 0 unspecified atom stereocenters. The monoisotopic (exact) mass is 221 g/mol. The van der Waals surface area contributed by atoms with Gasteiger partial charge in [0.2, 0.25) is 0 Å². The minimum absolute atomic E-state index is 1.02. The smallest absolute Gasteiger partial charge is 0.00463 e. The second-order valence-corrected chi connectivity index (χ2v) is 5.82. The molecule has 1 heteroatoms. The SMILES string of the molecule is C=C1CCC(CCCC2CCNCC2)CC1. The summed E-state index contributed by atoms with van der Waals surface area (Å²) in [4.78, 5) is 0.